The highest BCUT2D eigenvalue weighted by Crippen LogP contribution is 2.62. The molecule has 3 fully saturated rings. The third-order valence-electron chi connectivity index (χ3n) is 6.55. The summed E-state index contributed by atoms with van der Waals surface area (Å²) in [4.78, 5) is 11.6. The van der Waals surface area contributed by atoms with Crippen molar-refractivity contribution in [2.45, 2.75) is 70.7 Å². The van der Waals surface area contributed by atoms with Crippen molar-refractivity contribution < 1.29 is 19.4 Å². The van der Waals surface area contributed by atoms with Crippen LogP contribution in [0.15, 0.2) is 0 Å². The van der Waals surface area contributed by atoms with Crippen molar-refractivity contribution in [3.8, 4) is 0 Å². The molecule has 3 aliphatic rings. The van der Waals surface area contributed by atoms with Crippen LogP contribution >= 0.6 is 0 Å². The summed E-state index contributed by atoms with van der Waals surface area (Å²) in [6.45, 7) is 8.34. The summed E-state index contributed by atoms with van der Waals surface area (Å²) < 4.78 is 12.2. The van der Waals surface area contributed by atoms with E-state index in [1.165, 1.54) is 6.42 Å². The number of fused-ring (bicyclic) bond motifs is 4. The predicted molar refractivity (Wildman–Crippen MR) is 78.6 cm³/mol. The van der Waals surface area contributed by atoms with Crippen molar-refractivity contribution in [3.63, 3.8) is 0 Å². The fourth-order valence-electron chi connectivity index (χ4n) is 5.17. The minimum absolute atomic E-state index is 0.172. The largest absolute Gasteiger partial charge is 0.457 e. The first-order chi connectivity index (χ1) is 9.82. The Kier molecular flexibility index (Phi) is 3.61. The fraction of sp³-hybridized carbons (Fsp3) is 0.941. The van der Waals surface area contributed by atoms with Crippen molar-refractivity contribution in [2.75, 3.05) is 6.61 Å². The summed E-state index contributed by atoms with van der Waals surface area (Å²) >= 11 is 0. The zero-order chi connectivity index (χ0) is 15.4. The lowest BCUT2D eigenvalue weighted by Crippen LogP contribution is -2.53. The monoisotopic (exact) mass is 296 g/mol. The van der Waals surface area contributed by atoms with Gasteiger partial charge in [0.2, 0.25) is 0 Å². The Morgan fingerprint density at radius 3 is 2.71 bits per heavy atom. The number of aliphatic hydroxyl groups excluding tert-OH is 1. The van der Waals surface area contributed by atoms with Gasteiger partial charge in [-0.3, -0.25) is 0 Å². The molecule has 21 heavy (non-hydrogen) atoms. The molecule has 2 aliphatic heterocycles. The van der Waals surface area contributed by atoms with E-state index in [9.17, 15) is 4.79 Å². The van der Waals surface area contributed by atoms with Crippen LogP contribution in [0.1, 0.15) is 53.4 Å². The van der Waals surface area contributed by atoms with E-state index in [4.69, 9.17) is 14.6 Å². The number of rotatable bonds is 3. The Hall–Kier alpha value is -0.610. The van der Waals surface area contributed by atoms with E-state index in [-0.39, 0.29) is 17.3 Å². The molecule has 2 heterocycles. The van der Waals surface area contributed by atoms with Crippen LogP contribution in [0.5, 0.6) is 0 Å². The number of hydrogen-bond donors (Lipinski definition) is 1. The zero-order valence-corrected chi connectivity index (χ0v) is 13.6. The number of carbonyl (C=O) groups excluding carboxylic acids is 1. The maximum Gasteiger partial charge on any atom is 0.332 e. The fourth-order valence-corrected chi connectivity index (χ4v) is 5.17. The molecule has 2 saturated heterocycles. The van der Waals surface area contributed by atoms with Gasteiger partial charge in [0.25, 0.3) is 0 Å². The van der Waals surface area contributed by atoms with E-state index in [0.717, 1.165) is 25.2 Å². The van der Waals surface area contributed by atoms with Gasteiger partial charge in [0, 0.05) is 6.42 Å². The Labute approximate surface area is 127 Å². The number of esters is 1. The van der Waals surface area contributed by atoms with E-state index in [1.807, 2.05) is 0 Å². The summed E-state index contributed by atoms with van der Waals surface area (Å²) in [7, 11) is 0. The van der Waals surface area contributed by atoms with Gasteiger partial charge in [-0.25, -0.2) is 4.79 Å². The van der Waals surface area contributed by atoms with E-state index < -0.39 is 12.6 Å². The van der Waals surface area contributed by atoms with Gasteiger partial charge in [0.05, 0.1) is 5.60 Å². The molecule has 1 aliphatic carbocycles. The Balaban J connectivity index is 1.94. The maximum atomic E-state index is 11.6. The summed E-state index contributed by atoms with van der Waals surface area (Å²) in [5, 5.41) is 9.01. The van der Waals surface area contributed by atoms with Gasteiger partial charge in [-0.15, -0.1) is 0 Å². The SMILES string of the molecule is CC1CCC2C1CC1(C(C)C)C[C@@H](OC(=O)CO)C2(C)O1. The Bertz CT molecular complexity index is 435. The van der Waals surface area contributed by atoms with Crippen LogP contribution in [0.4, 0.5) is 0 Å². The van der Waals surface area contributed by atoms with E-state index in [1.54, 1.807) is 0 Å². The van der Waals surface area contributed by atoms with Gasteiger partial charge < -0.3 is 14.6 Å². The lowest BCUT2D eigenvalue weighted by atomic mass is 9.72. The van der Waals surface area contributed by atoms with E-state index in [0.29, 0.717) is 17.8 Å². The standard InChI is InChI=1S/C17H28O4/c1-10(2)17-7-12-11(3)5-6-13(12)16(4,21-17)14(8-17)20-15(19)9-18/h10-14,18H,5-9H2,1-4H3/t11?,12?,13?,14-,16?,17?/m1/s1. The Morgan fingerprint density at radius 2 is 2.10 bits per heavy atom. The van der Waals surface area contributed by atoms with Crippen LogP contribution in [-0.2, 0) is 14.3 Å². The summed E-state index contributed by atoms with van der Waals surface area (Å²) in [6.07, 6.45) is 4.03. The maximum absolute atomic E-state index is 11.6. The van der Waals surface area contributed by atoms with Crippen molar-refractivity contribution in [1.82, 2.24) is 0 Å². The lowest BCUT2D eigenvalue weighted by molar-refractivity contribution is -0.214. The molecule has 2 bridgehead atoms. The van der Waals surface area contributed by atoms with Gasteiger partial charge in [-0.1, -0.05) is 27.2 Å². The van der Waals surface area contributed by atoms with Crippen LogP contribution in [0.25, 0.3) is 0 Å². The molecular formula is C17H28O4. The quantitative estimate of drug-likeness (QED) is 0.813. The van der Waals surface area contributed by atoms with E-state index >= 15 is 0 Å². The second kappa shape index (κ2) is 4.95. The van der Waals surface area contributed by atoms with Gasteiger partial charge >= 0.3 is 5.97 Å². The number of ether oxygens (including phenoxy) is 2. The van der Waals surface area contributed by atoms with Gasteiger partial charge in [0.1, 0.15) is 18.3 Å². The third-order valence-corrected chi connectivity index (χ3v) is 6.55. The first-order valence-electron chi connectivity index (χ1n) is 8.33. The second-order valence-corrected chi connectivity index (χ2v) is 7.88. The molecule has 120 valence electrons. The van der Waals surface area contributed by atoms with Gasteiger partial charge in [0.15, 0.2) is 0 Å². The lowest BCUT2D eigenvalue weighted by Gasteiger charge is -2.48. The van der Waals surface area contributed by atoms with Crippen molar-refractivity contribution >= 4 is 5.97 Å². The van der Waals surface area contributed by atoms with Crippen molar-refractivity contribution in [1.29, 1.82) is 0 Å². The Morgan fingerprint density at radius 1 is 1.38 bits per heavy atom. The molecule has 0 amide bonds. The molecule has 4 heteroatoms. The first-order valence-corrected chi connectivity index (χ1v) is 8.33. The molecule has 1 N–H and O–H groups in total. The molecule has 0 radical (unpaired) electrons. The molecule has 6 atom stereocenters. The molecule has 5 unspecified atom stereocenters. The molecule has 4 nitrogen and oxygen atoms in total. The van der Waals surface area contributed by atoms with Crippen LogP contribution in [0.3, 0.4) is 0 Å². The predicted octanol–water partition coefficient (Wildman–Crippen LogP) is 2.53. The minimum atomic E-state index is -0.550. The van der Waals surface area contributed by atoms with E-state index in [2.05, 4.69) is 27.7 Å². The highest BCUT2D eigenvalue weighted by molar-refractivity contribution is 5.70. The summed E-state index contributed by atoms with van der Waals surface area (Å²) in [6, 6.07) is 0. The first kappa shape index (κ1) is 15.3. The van der Waals surface area contributed by atoms with Crippen LogP contribution < -0.4 is 0 Å². The normalized spacial score (nSPS) is 48.5. The van der Waals surface area contributed by atoms with Crippen LogP contribution in [0.2, 0.25) is 0 Å². The summed E-state index contributed by atoms with van der Waals surface area (Å²) in [5.74, 6) is 1.74. The molecule has 0 spiro atoms. The number of carbonyl (C=O) groups is 1. The average molecular weight is 296 g/mol. The third kappa shape index (κ3) is 2.14. The molecule has 3 rings (SSSR count). The van der Waals surface area contributed by atoms with Crippen LogP contribution in [0, 0.1) is 23.7 Å². The summed E-state index contributed by atoms with van der Waals surface area (Å²) in [5.41, 5.74) is -0.558. The van der Waals surface area contributed by atoms with Crippen molar-refractivity contribution in [3.05, 3.63) is 0 Å². The molecule has 0 aromatic heterocycles. The molecule has 0 aromatic carbocycles. The molecule has 0 aromatic rings. The zero-order valence-electron chi connectivity index (χ0n) is 13.6. The molecular weight excluding hydrogens is 268 g/mol. The topological polar surface area (TPSA) is 55.8 Å². The van der Waals surface area contributed by atoms with Crippen LogP contribution in [-0.4, -0.2) is 35.0 Å². The van der Waals surface area contributed by atoms with Gasteiger partial charge in [-0.2, -0.15) is 0 Å². The van der Waals surface area contributed by atoms with Crippen molar-refractivity contribution in [2.24, 2.45) is 23.7 Å². The highest BCUT2D eigenvalue weighted by Gasteiger charge is 2.66. The minimum Gasteiger partial charge on any atom is -0.457 e. The highest BCUT2D eigenvalue weighted by atomic mass is 16.6. The van der Waals surface area contributed by atoms with Gasteiger partial charge in [-0.05, 0) is 43.4 Å². The number of hydrogen-bond acceptors (Lipinski definition) is 4. The smallest absolute Gasteiger partial charge is 0.332 e. The average Bonchev–Trinajstić information content (AvgIpc) is 2.90. The molecule has 1 saturated carbocycles. The number of aliphatic hydroxyl groups is 1. The second-order valence-electron chi connectivity index (χ2n) is 7.88.